The number of amides is 1. The lowest BCUT2D eigenvalue weighted by Gasteiger charge is -2.17. The van der Waals surface area contributed by atoms with E-state index < -0.39 is 15.9 Å². The van der Waals surface area contributed by atoms with Gasteiger partial charge in [-0.25, -0.2) is 13.1 Å². The molecule has 1 atom stereocenters. The minimum Gasteiger partial charge on any atom is -0.366 e. The van der Waals surface area contributed by atoms with Crippen LogP contribution < -0.4 is 10.5 Å². The van der Waals surface area contributed by atoms with Gasteiger partial charge < -0.3 is 10.3 Å². The van der Waals surface area contributed by atoms with Crippen LogP contribution in [0.5, 0.6) is 0 Å². The van der Waals surface area contributed by atoms with Crippen LogP contribution in [0.3, 0.4) is 0 Å². The molecule has 0 unspecified atom stereocenters. The highest BCUT2D eigenvalue weighted by Gasteiger charge is 2.14. The van der Waals surface area contributed by atoms with E-state index >= 15 is 0 Å². The summed E-state index contributed by atoms with van der Waals surface area (Å²) in [5.41, 5.74) is 6.66. The molecule has 1 amide bonds. The average Bonchev–Trinajstić information content (AvgIpc) is 2.89. The molecule has 1 heterocycles. The van der Waals surface area contributed by atoms with Crippen molar-refractivity contribution < 1.29 is 13.2 Å². The monoisotopic (exact) mass is 339 g/mol. The fourth-order valence-electron chi connectivity index (χ4n) is 2.30. The molecule has 0 bridgehead atoms. The zero-order valence-corrected chi connectivity index (χ0v) is 14.9. The van der Waals surface area contributed by atoms with Crippen molar-refractivity contribution in [2.75, 3.05) is 6.26 Å². The van der Waals surface area contributed by atoms with E-state index in [9.17, 15) is 13.2 Å². The van der Waals surface area contributed by atoms with E-state index in [-0.39, 0.29) is 6.04 Å². The number of rotatable bonds is 6. The lowest BCUT2D eigenvalue weighted by atomic mass is 10.1. The summed E-state index contributed by atoms with van der Waals surface area (Å²) in [6.45, 7) is 6.46. The third-order valence-electron chi connectivity index (χ3n) is 3.35. The zero-order chi connectivity index (χ0) is 17.6. The van der Waals surface area contributed by atoms with Crippen molar-refractivity contribution in [3.05, 3.63) is 36.0 Å². The summed E-state index contributed by atoms with van der Waals surface area (Å²) >= 11 is 0. The van der Waals surface area contributed by atoms with E-state index in [2.05, 4.69) is 4.72 Å². The summed E-state index contributed by atoms with van der Waals surface area (Å²) < 4.78 is 27.3. The highest BCUT2D eigenvalue weighted by molar-refractivity contribution is 7.88. The fourth-order valence-corrected chi connectivity index (χ4v) is 3.15. The van der Waals surface area contributed by atoms with Crippen LogP contribution >= 0.6 is 0 Å². The fraction of sp³-hybridized carbons (Fsp3) is 0.438. The number of nitrogens with one attached hydrogen (secondary N) is 1. The Hall–Kier alpha value is -1.86. The Labute approximate surface area is 137 Å². The summed E-state index contributed by atoms with van der Waals surface area (Å²) in [6.07, 6.45) is 3.72. The maximum absolute atomic E-state index is 11.3. The lowest BCUT2D eigenvalue weighted by molar-refractivity contribution is 0.100. The van der Waals surface area contributed by atoms with Gasteiger partial charge in [-0.15, -0.1) is 0 Å². The van der Waals surface area contributed by atoms with E-state index in [1.54, 1.807) is 12.1 Å². The summed E-state index contributed by atoms with van der Waals surface area (Å²) in [5.74, 6) is -0.463. The van der Waals surface area contributed by atoms with Gasteiger partial charge in [-0.2, -0.15) is 0 Å². The highest BCUT2D eigenvalue weighted by Crippen LogP contribution is 2.18. The van der Waals surface area contributed by atoms with Crippen LogP contribution in [0.15, 0.2) is 30.5 Å². The molecule has 7 heteroatoms. The Kier molecular flexibility index (Phi) is 6.78. The molecule has 0 aliphatic heterocycles. The number of nitrogens with two attached hydrogens (primary N) is 1. The molecular weight excluding hydrogens is 314 g/mol. The lowest BCUT2D eigenvalue weighted by Crippen LogP contribution is -2.36. The van der Waals surface area contributed by atoms with Crippen LogP contribution in [0.4, 0.5) is 0 Å². The summed E-state index contributed by atoms with van der Waals surface area (Å²) in [5, 5.41) is 0.903. The molecule has 128 valence electrons. The van der Waals surface area contributed by atoms with Gasteiger partial charge in [0.05, 0.1) is 6.26 Å². The molecule has 0 spiro atoms. The van der Waals surface area contributed by atoms with Crippen molar-refractivity contribution in [2.45, 2.75) is 39.8 Å². The van der Waals surface area contributed by atoms with Gasteiger partial charge in [0.15, 0.2) is 0 Å². The number of carbonyl (C=O) groups is 1. The molecule has 0 aliphatic rings. The van der Waals surface area contributed by atoms with Crippen LogP contribution in [0.1, 0.15) is 37.6 Å². The molecule has 3 N–H and O–H groups in total. The van der Waals surface area contributed by atoms with Crippen molar-refractivity contribution in [1.82, 2.24) is 9.29 Å². The maximum Gasteiger partial charge on any atom is 0.248 e. The van der Waals surface area contributed by atoms with Gasteiger partial charge in [-0.05, 0) is 30.7 Å². The topological polar surface area (TPSA) is 94.2 Å². The number of primary amides is 1. The van der Waals surface area contributed by atoms with Gasteiger partial charge >= 0.3 is 0 Å². The molecule has 0 saturated carbocycles. The Morgan fingerprint density at radius 1 is 1.30 bits per heavy atom. The number of sulfonamides is 1. The van der Waals surface area contributed by atoms with Crippen LogP contribution in [0.25, 0.3) is 10.9 Å². The number of fused-ring (bicyclic) bond motifs is 1. The minimum atomic E-state index is -3.23. The van der Waals surface area contributed by atoms with Gasteiger partial charge in [-0.1, -0.05) is 20.8 Å². The number of nitrogens with zero attached hydrogens (tertiary/aromatic N) is 1. The van der Waals surface area contributed by atoms with Crippen LogP contribution in [0.2, 0.25) is 0 Å². The van der Waals surface area contributed by atoms with E-state index in [1.165, 1.54) is 0 Å². The first kappa shape index (κ1) is 19.2. The normalized spacial score (nSPS) is 12.5. The van der Waals surface area contributed by atoms with E-state index in [4.69, 9.17) is 5.73 Å². The third kappa shape index (κ3) is 5.37. The van der Waals surface area contributed by atoms with Crippen molar-refractivity contribution in [3.8, 4) is 0 Å². The Balaban J connectivity index is 0.00000127. The van der Waals surface area contributed by atoms with E-state index in [0.29, 0.717) is 18.5 Å². The quantitative estimate of drug-likeness (QED) is 0.844. The predicted molar refractivity (Wildman–Crippen MR) is 93.9 cm³/mol. The second-order valence-electron chi connectivity index (χ2n) is 5.10. The molecule has 1 aromatic carbocycles. The summed E-state index contributed by atoms with van der Waals surface area (Å²) in [4.78, 5) is 11.2. The van der Waals surface area contributed by atoms with E-state index in [0.717, 1.165) is 17.2 Å². The molecule has 0 fully saturated rings. The minimum absolute atomic E-state index is 0.175. The zero-order valence-electron chi connectivity index (χ0n) is 14.0. The van der Waals surface area contributed by atoms with Crippen molar-refractivity contribution >= 4 is 26.8 Å². The van der Waals surface area contributed by atoms with Gasteiger partial charge in [-0.3, -0.25) is 4.79 Å². The smallest absolute Gasteiger partial charge is 0.248 e. The van der Waals surface area contributed by atoms with Gasteiger partial charge in [0.1, 0.15) is 0 Å². The molecule has 2 aromatic rings. The first-order valence-electron chi connectivity index (χ1n) is 7.66. The number of hydrogen-bond donors (Lipinski definition) is 2. The first-order chi connectivity index (χ1) is 10.8. The van der Waals surface area contributed by atoms with Gasteiger partial charge in [0.2, 0.25) is 15.9 Å². The molecule has 23 heavy (non-hydrogen) atoms. The third-order valence-corrected chi connectivity index (χ3v) is 4.11. The number of carbonyl (C=O) groups excluding carboxylic acids is 1. The molecule has 0 radical (unpaired) electrons. The molecular formula is C16H25N3O3S. The maximum atomic E-state index is 11.3. The average molecular weight is 339 g/mol. The van der Waals surface area contributed by atoms with Crippen molar-refractivity contribution in [3.63, 3.8) is 0 Å². The summed E-state index contributed by atoms with van der Waals surface area (Å²) in [6, 6.07) is 6.94. The van der Waals surface area contributed by atoms with E-state index in [1.807, 2.05) is 43.7 Å². The largest absolute Gasteiger partial charge is 0.366 e. The molecule has 0 aliphatic carbocycles. The van der Waals surface area contributed by atoms with Crippen LogP contribution in [0, 0.1) is 0 Å². The molecule has 0 saturated heterocycles. The second-order valence-corrected chi connectivity index (χ2v) is 6.88. The molecule has 1 aromatic heterocycles. The highest BCUT2D eigenvalue weighted by atomic mass is 32.2. The van der Waals surface area contributed by atoms with Crippen molar-refractivity contribution in [1.29, 1.82) is 0 Å². The Morgan fingerprint density at radius 2 is 1.96 bits per heavy atom. The standard InChI is InChI=1S/C14H19N3O3S.C2H6/c1-3-12(16-21(2,19)20)9-17-7-6-10-8-11(14(15)18)4-5-13(10)17;1-2/h4-8,12,16H,3,9H2,1-2H3,(H2,15,18);1-2H3/t12-;/m0./s1. The number of hydrogen-bond acceptors (Lipinski definition) is 3. The van der Waals surface area contributed by atoms with Crippen molar-refractivity contribution in [2.24, 2.45) is 5.73 Å². The van der Waals surface area contributed by atoms with Gasteiger partial charge in [0.25, 0.3) is 0 Å². The Morgan fingerprint density at radius 3 is 2.48 bits per heavy atom. The number of aromatic nitrogens is 1. The first-order valence-corrected chi connectivity index (χ1v) is 9.55. The SMILES string of the molecule is CC.CC[C@@H](Cn1ccc2cc(C(N)=O)ccc21)NS(C)(=O)=O. The molecule has 6 nitrogen and oxygen atoms in total. The predicted octanol–water partition coefficient (Wildman–Crippen LogP) is 2.09. The second kappa shape index (κ2) is 8.12. The Bertz CT molecular complexity index is 766. The summed E-state index contributed by atoms with van der Waals surface area (Å²) in [7, 11) is -3.23. The van der Waals surface area contributed by atoms with Crippen LogP contribution in [-0.2, 0) is 16.6 Å². The van der Waals surface area contributed by atoms with Gasteiger partial charge in [0, 0.05) is 35.2 Å². The molecule has 2 rings (SSSR count). The van der Waals surface area contributed by atoms with Crippen LogP contribution in [-0.4, -0.2) is 31.2 Å². The number of benzene rings is 1.